The molecule has 2 aromatic rings. The summed E-state index contributed by atoms with van der Waals surface area (Å²) < 4.78 is 11.2. The van der Waals surface area contributed by atoms with Crippen LogP contribution < -0.4 is 0 Å². The van der Waals surface area contributed by atoms with Crippen molar-refractivity contribution in [1.82, 2.24) is 14.8 Å². The summed E-state index contributed by atoms with van der Waals surface area (Å²) in [5.74, 6) is 0.996. The lowest BCUT2D eigenvalue weighted by Gasteiger charge is -2.37. The van der Waals surface area contributed by atoms with E-state index in [1.807, 2.05) is 30.0 Å². The van der Waals surface area contributed by atoms with E-state index in [0.29, 0.717) is 24.9 Å². The number of rotatable bonds is 5. The Labute approximate surface area is 160 Å². The van der Waals surface area contributed by atoms with Gasteiger partial charge >= 0.3 is 6.09 Å². The first-order valence-corrected chi connectivity index (χ1v) is 9.69. The molecule has 0 saturated carbocycles. The Balaban J connectivity index is 1.32. The van der Waals surface area contributed by atoms with Crippen molar-refractivity contribution in [1.29, 1.82) is 0 Å². The first-order chi connectivity index (χ1) is 13.0. The number of carbonyl (C=O) groups excluding carboxylic acids is 1. The predicted molar refractivity (Wildman–Crippen MR) is 101 cm³/mol. The summed E-state index contributed by atoms with van der Waals surface area (Å²) in [7, 11) is 0. The lowest BCUT2D eigenvalue weighted by molar-refractivity contribution is -0.00151. The summed E-state index contributed by atoms with van der Waals surface area (Å²) in [6.07, 6.45) is 3.29. The van der Waals surface area contributed by atoms with Crippen LogP contribution >= 0.6 is 0 Å². The number of carbonyl (C=O) groups is 1. The summed E-state index contributed by atoms with van der Waals surface area (Å²) in [5.41, 5.74) is 1.89. The van der Waals surface area contributed by atoms with Crippen LogP contribution in [-0.4, -0.2) is 52.7 Å². The standard InChI is InChI=1S/C21H27N3O3/c1-16(18-6-4-3-5-7-18)12-24-15-21(27-20(24)25)8-10-23(11-9-21)13-19-14-26-17(2)22-19/h3-7,14,16H,8-13,15H2,1-2H3. The number of hydrogen-bond donors (Lipinski definition) is 0. The van der Waals surface area contributed by atoms with Gasteiger partial charge in [0.2, 0.25) is 0 Å². The molecule has 1 aromatic carbocycles. The summed E-state index contributed by atoms with van der Waals surface area (Å²) in [5, 5.41) is 0. The van der Waals surface area contributed by atoms with E-state index in [4.69, 9.17) is 9.15 Å². The third kappa shape index (κ3) is 4.00. The monoisotopic (exact) mass is 369 g/mol. The van der Waals surface area contributed by atoms with Crippen molar-refractivity contribution in [2.45, 2.75) is 44.8 Å². The number of amides is 1. The molecular formula is C21H27N3O3. The molecule has 6 heteroatoms. The van der Waals surface area contributed by atoms with E-state index >= 15 is 0 Å². The van der Waals surface area contributed by atoms with Crippen LogP contribution in [0.15, 0.2) is 41.0 Å². The molecule has 0 N–H and O–H groups in total. The van der Waals surface area contributed by atoms with Gasteiger partial charge in [0.1, 0.15) is 11.9 Å². The van der Waals surface area contributed by atoms with E-state index in [1.54, 1.807) is 6.26 Å². The Morgan fingerprint density at radius 3 is 2.63 bits per heavy atom. The molecular weight excluding hydrogens is 342 g/mol. The largest absolute Gasteiger partial charge is 0.449 e. The minimum atomic E-state index is -0.330. The summed E-state index contributed by atoms with van der Waals surface area (Å²) in [6.45, 7) is 8.01. The fraction of sp³-hybridized carbons (Fsp3) is 0.524. The molecule has 144 valence electrons. The third-order valence-corrected chi connectivity index (χ3v) is 5.72. The normalized spacial score (nSPS) is 20.8. The van der Waals surface area contributed by atoms with Crippen LogP contribution in [0, 0.1) is 6.92 Å². The Kier molecular flexibility index (Phi) is 4.91. The third-order valence-electron chi connectivity index (χ3n) is 5.72. The van der Waals surface area contributed by atoms with E-state index in [2.05, 4.69) is 28.9 Å². The van der Waals surface area contributed by atoms with Gasteiger partial charge < -0.3 is 14.1 Å². The molecule has 1 atom stereocenters. The number of benzene rings is 1. The minimum absolute atomic E-state index is 0.168. The number of ether oxygens (including phenoxy) is 1. The molecule has 0 bridgehead atoms. The van der Waals surface area contributed by atoms with Crippen LogP contribution in [0.4, 0.5) is 4.79 Å². The van der Waals surface area contributed by atoms with Gasteiger partial charge in [-0.2, -0.15) is 0 Å². The number of likely N-dealkylation sites (tertiary alicyclic amines) is 1. The van der Waals surface area contributed by atoms with Gasteiger partial charge in [-0.25, -0.2) is 9.78 Å². The van der Waals surface area contributed by atoms with Crippen molar-refractivity contribution in [3.63, 3.8) is 0 Å². The van der Waals surface area contributed by atoms with E-state index in [-0.39, 0.29) is 11.7 Å². The molecule has 0 radical (unpaired) electrons. The topological polar surface area (TPSA) is 58.8 Å². The van der Waals surface area contributed by atoms with Crippen molar-refractivity contribution in [2.75, 3.05) is 26.2 Å². The van der Waals surface area contributed by atoms with Crippen molar-refractivity contribution in [3.05, 3.63) is 53.7 Å². The number of aryl methyl sites for hydroxylation is 1. The maximum Gasteiger partial charge on any atom is 0.410 e. The molecule has 2 aliphatic heterocycles. The number of aromatic nitrogens is 1. The van der Waals surface area contributed by atoms with E-state index < -0.39 is 0 Å². The summed E-state index contributed by atoms with van der Waals surface area (Å²) in [6, 6.07) is 10.3. The average Bonchev–Trinajstić information content (AvgIpc) is 3.21. The van der Waals surface area contributed by atoms with Gasteiger partial charge in [0.15, 0.2) is 5.89 Å². The fourth-order valence-corrected chi connectivity index (χ4v) is 4.14. The Bertz CT molecular complexity index is 781. The van der Waals surface area contributed by atoms with Crippen molar-refractivity contribution in [3.8, 4) is 0 Å². The molecule has 0 aliphatic carbocycles. The quantitative estimate of drug-likeness (QED) is 0.806. The number of nitrogens with zero attached hydrogens (tertiary/aromatic N) is 3. The van der Waals surface area contributed by atoms with Gasteiger partial charge in [-0.3, -0.25) is 4.90 Å². The fourth-order valence-electron chi connectivity index (χ4n) is 4.14. The second kappa shape index (κ2) is 7.35. The van der Waals surface area contributed by atoms with Crippen LogP contribution in [0.1, 0.15) is 42.8 Å². The van der Waals surface area contributed by atoms with E-state index in [1.165, 1.54) is 5.56 Å². The summed E-state index contributed by atoms with van der Waals surface area (Å²) in [4.78, 5) is 21.1. The van der Waals surface area contributed by atoms with Crippen LogP contribution in [0.5, 0.6) is 0 Å². The highest BCUT2D eigenvalue weighted by molar-refractivity contribution is 5.70. The lowest BCUT2D eigenvalue weighted by atomic mass is 9.91. The van der Waals surface area contributed by atoms with Gasteiger partial charge in [0.25, 0.3) is 0 Å². The second-order valence-electron chi connectivity index (χ2n) is 7.88. The van der Waals surface area contributed by atoms with Crippen molar-refractivity contribution in [2.24, 2.45) is 0 Å². The second-order valence-corrected chi connectivity index (χ2v) is 7.88. The van der Waals surface area contributed by atoms with Crippen molar-refractivity contribution >= 4 is 6.09 Å². The molecule has 4 rings (SSSR count). The highest BCUT2D eigenvalue weighted by Gasteiger charge is 2.47. The molecule has 1 aromatic heterocycles. The first kappa shape index (κ1) is 18.0. The smallest absolute Gasteiger partial charge is 0.410 e. The SMILES string of the molecule is Cc1nc(CN2CCC3(CC2)CN(CC(C)c2ccccc2)C(=O)O3)co1. The average molecular weight is 369 g/mol. The first-order valence-electron chi connectivity index (χ1n) is 9.69. The van der Waals surface area contributed by atoms with Crippen molar-refractivity contribution < 1.29 is 13.9 Å². The zero-order valence-electron chi connectivity index (χ0n) is 16.1. The predicted octanol–water partition coefficient (Wildman–Crippen LogP) is 3.57. The molecule has 27 heavy (non-hydrogen) atoms. The number of oxazole rings is 1. The van der Waals surface area contributed by atoms with Gasteiger partial charge in [-0.05, 0) is 11.5 Å². The lowest BCUT2D eigenvalue weighted by Crippen LogP contribution is -2.46. The van der Waals surface area contributed by atoms with Gasteiger partial charge in [0, 0.05) is 45.9 Å². The van der Waals surface area contributed by atoms with Gasteiger partial charge in [-0.1, -0.05) is 37.3 Å². The van der Waals surface area contributed by atoms with Crippen LogP contribution in [-0.2, 0) is 11.3 Å². The van der Waals surface area contributed by atoms with Crippen LogP contribution in [0.2, 0.25) is 0 Å². The summed E-state index contributed by atoms with van der Waals surface area (Å²) >= 11 is 0. The zero-order chi connectivity index (χ0) is 18.9. The van der Waals surface area contributed by atoms with E-state index in [0.717, 1.165) is 38.2 Å². The molecule has 2 saturated heterocycles. The Hall–Kier alpha value is -2.34. The molecule has 2 fully saturated rings. The maximum atomic E-state index is 12.5. The number of hydrogen-bond acceptors (Lipinski definition) is 5. The molecule has 2 aliphatic rings. The molecule has 6 nitrogen and oxygen atoms in total. The minimum Gasteiger partial charge on any atom is -0.449 e. The highest BCUT2D eigenvalue weighted by Crippen LogP contribution is 2.34. The van der Waals surface area contributed by atoms with E-state index in [9.17, 15) is 4.79 Å². The zero-order valence-corrected chi connectivity index (χ0v) is 16.1. The maximum absolute atomic E-state index is 12.5. The Morgan fingerprint density at radius 1 is 1.22 bits per heavy atom. The Morgan fingerprint density at radius 2 is 1.96 bits per heavy atom. The molecule has 3 heterocycles. The molecule has 1 spiro atoms. The molecule has 1 unspecified atom stereocenters. The van der Waals surface area contributed by atoms with Gasteiger partial charge in [0.05, 0.1) is 12.2 Å². The van der Waals surface area contributed by atoms with Gasteiger partial charge in [-0.15, -0.1) is 0 Å². The molecule has 1 amide bonds. The number of piperidine rings is 1. The van der Waals surface area contributed by atoms with Crippen LogP contribution in [0.3, 0.4) is 0 Å². The highest BCUT2D eigenvalue weighted by atomic mass is 16.6. The van der Waals surface area contributed by atoms with Crippen LogP contribution in [0.25, 0.3) is 0 Å².